The first-order chi connectivity index (χ1) is 13.2. The molecule has 1 heterocycles. The first-order valence-electron chi connectivity index (χ1n) is 9.76. The van der Waals surface area contributed by atoms with Crippen molar-refractivity contribution in [3.05, 3.63) is 30.1 Å². The average Bonchev–Trinajstić information content (AvgIpc) is 2.52. The van der Waals surface area contributed by atoms with Crippen LogP contribution in [0.3, 0.4) is 0 Å². The van der Waals surface area contributed by atoms with E-state index in [1.54, 1.807) is 79.9 Å². The fourth-order valence-electron chi connectivity index (χ4n) is 2.59. The highest BCUT2D eigenvalue weighted by Crippen LogP contribution is 2.82. The fourth-order valence-corrected chi connectivity index (χ4v) is 9.40. The summed E-state index contributed by atoms with van der Waals surface area (Å²) in [4.78, 5) is 4.11. The number of aromatic nitrogens is 1. The summed E-state index contributed by atoms with van der Waals surface area (Å²) in [5.74, 6) is 0. The summed E-state index contributed by atoms with van der Waals surface area (Å²) >= 11 is 3.53. The first-order valence-corrected chi connectivity index (χ1v) is 13.6. The van der Waals surface area contributed by atoms with Crippen molar-refractivity contribution in [3.8, 4) is 0 Å². The highest BCUT2D eigenvalue weighted by molar-refractivity contribution is 9.12. The Labute approximate surface area is 183 Å². The lowest BCUT2D eigenvalue weighted by Crippen LogP contribution is -2.33. The van der Waals surface area contributed by atoms with Crippen molar-refractivity contribution in [1.82, 2.24) is 4.98 Å². The van der Waals surface area contributed by atoms with Gasteiger partial charge in [-0.3, -0.25) is 14.1 Å². The number of nitrogens with zero attached hydrogens (tertiary/aromatic N) is 1. The fraction of sp³-hybridized carbons (Fsp3) is 0.737. The Morgan fingerprint density at radius 2 is 1.24 bits per heavy atom. The van der Waals surface area contributed by atoms with Gasteiger partial charge in [-0.1, -0.05) is 22.0 Å². The molecular formula is C19H34BrNO6P2. The van der Waals surface area contributed by atoms with Crippen LogP contribution in [-0.4, -0.2) is 33.2 Å². The molecule has 0 fully saturated rings. The number of hydrogen-bond acceptors (Lipinski definition) is 7. The molecule has 0 bridgehead atoms. The maximum Gasteiger partial charge on any atom is 0.360 e. The molecule has 0 saturated carbocycles. The summed E-state index contributed by atoms with van der Waals surface area (Å²) in [6.45, 7) is 13.9. The second-order valence-corrected chi connectivity index (χ2v) is 15.2. The number of rotatable bonds is 12. The zero-order valence-electron chi connectivity index (χ0n) is 18.5. The summed E-state index contributed by atoms with van der Waals surface area (Å²) in [6.07, 6.45) is 1.46. The zero-order chi connectivity index (χ0) is 22.5. The Morgan fingerprint density at radius 3 is 1.52 bits per heavy atom. The van der Waals surface area contributed by atoms with Gasteiger partial charge in [-0.15, -0.1) is 0 Å². The molecule has 29 heavy (non-hydrogen) atoms. The van der Waals surface area contributed by atoms with E-state index in [1.807, 2.05) is 0 Å². The van der Waals surface area contributed by atoms with Crippen molar-refractivity contribution in [2.45, 2.75) is 90.0 Å². The van der Waals surface area contributed by atoms with Gasteiger partial charge in [0.25, 0.3) is 0 Å². The van der Waals surface area contributed by atoms with E-state index in [4.69, 9.17) is 18.1 Å². The predicted molar refractivity (Wildman–Crippen MR) is 120 cm³/mol. The topological polar surface area (TPSA) is 84.0 Å². The number of pyridine rings is 1. The van der Waals surface area contributed by atoms with Crippen LogP contribution in [0.15, 0.2) is 24.5 Å². The van der Waals surface area contributed by atoms with Gasteiger partial charge in [-0.2, -0.15) is 0 Å². The van der Waals surface area contributed by atoms with Crippen LogP contribution in [-0.2, 0) is 33.6 Å². The second kappa shape index (κ2) is 11.0. The monoisotopic (exact) mass is 513 g/mol. The number of alkyl halides is 1. The van der Waals surface area contributed by atoms with Gasteiger partial charge < -0.3 is 18.1 Å². The van der Waals surface area contributed by atoms with Crippen LogP contribution in [0, 0.1) is 0 Å². The first kappa shape index (κ1) is 27.0. The highest BCUT2D eigenvalue weighted by atomic mass is 79.9. The molecule has 0 aliphatic carbocycles. The minimum Gasteiger partial charge on any atom is -0.304 e. The van der Waals surface area contributed by atoms with Gasteiger partial charge in [0.2, 0.25) is 3.81 Å². The summed E-state index contributed by atoms with van der Waals surface area (Å²) < 4.78 is 50.0. The molecule has 0 saturated heterocycles. The van der Waals surface area contributed by atoms with Crippen LogP contribution >= 0.6 is 31.1 Å². The third kappa shape index (κ3) is 7.24. The SMILES string of the molecule is CC(C)OP(=O)(OC(C)C)C(Br)(Cc1cccnc1)P(=O)(OC(C)C)OC(C)C. The quantitative estimate of drug-likeness (QED) is 0.225. The molecule has 1 aromatic rings. The molecule has 1 rings (SSSR count). The van der Waals surface area contributed by atoms with E-state index >= 15 is 0 Å². The van der Waals surface area contributed by atoms with Crippen LogP contribution in [0.5, 0.6) is 0 Å². The maximum absolute atomic E-state index is 14.2. The maximum atomic E-state index is 14.2. The van der Waals surface area contributed by atoms with Gasteiger partial charge in [0.1, 0.15) is 0 Å². The number of halogens is 1. The van der Waals surface area contributed by atoms with Gasteiger partial charge in [-0.05, 0) is 67.0 Å². The van der Waals surface area contributed by atoms with Crippen LogP contribution in [0.4, 0.5) is 0 Å². The molecule has 10 heteroatoms. The summed E-state index contributed by atoms with van der Waals surface area (Å²) in [5.41, 5.74) is 0.684. The van der Waals surface area contributed by atoms with Gasteiger partial charge in [0, 0.05) is 18.8 Å². The van der Waals surface area contributed by atoms with E-state index in [1.165, 1.54) is 0 Å². The van der Waals surface area contributed by atoms with Crippen molar-refractivity contribution in [3.63, 3.8) is 0 Å². The van der Waals surface area contributed by atoms with E-state index in [0.29, 0.717) is 5.56 Å². The largest absolute Gasteiger partial charge is 0.360 e. The molecule has 0 aliphatic rings. The van der Waals surface area contributed by atoms with E-state index in [2.05, 4.69) is 20.9 Å². The Hall–Kier alpha value is -0.0700. The van der Waals surface area contributed by atoms with E-state index < -0.39 is 43.4 Å². The summed E-state index contributed by atoms with van der Waals surface area (Å²) in [7, 11) is -8.15. The van der Waals surface area contributed by atoms with Gasteiger partial charge in [-0.25, -0.2) is 0 Å². The predicted octanol–water partition coefficient (Wildman–Crippen LogP) is 6.76. The Kier molecular flexibility index (Phi) is 10.2. The lowest BCUT2D eigenvalue weighted by atomic mass is 10.2. The van der Waals surface area contributed by atoms with Crippen LogP contribution in [0.25, 0.3) is 0 Å². The third-order valence-electron chi connectivity index (χ3n) is 3.39. The molecule has 0 radical (unpaired) electrons. The smallest absolute Gasteiger partial charge is 0.304 e. The highest BCUT2D eigenvalue weighted by Gasteiger charge is 2.65. The van der Waals surface area contributed by atoms with E-state index in [9.17, 15) is 9.13 Å². The normalized spacial score (nSPS) is 13.8. The van der Waals surface area contributed by atoms with Crippen molar-refractivity contribution < 1.29 is 27.2 Å². The van der Waals surface area contributed by atoms with Gasteiger partial charge in [0.15, 0.2) is 0 Å². The second-order valence-electron chi connectivity index (χ2n) is 7.87. The Balaban J connectivity index is 3.72. The third-order valence-corrected chi connectivity index (χ3v) is 12.5. The molecule has 0 spiro atoms. The lowest BCUT2D eigenvalue weighted by Gasteiger charge is -2.41. The molecule has 0 amide bonds. The molecule has 0 aromatic carbocycles. The molecular weight excluding hydrogens is 480 g/mol. The van der Waals surface area contributed by atoms with E-state index in [0.717, 1.165) is 0 Å². The Morgan fingerprint density at radius 1 is 0.862 bits per heavy atom. The standard InChI is InChI=1S/C19H34BrNO6P2/c1-14(2)24-28(22,25-15(3)4)19(20,12-18-10-9-11-21-13-18)29(23,26-16(5)6)27-17(7)8/h9-11,13-17H,12H2,1-8H3. The summed E-state index contributed by atoms with van der Waals surface area (Å²) in [5, 5.41) is 0. The van der Waals surface area contributed by atoms with Gasteiger partial charge >= 0.3 is 15.2 Å². The van der Waals surface area contributed by atoms with E-state index in [-0.39, 0.29) is 6.42 Å². The minimum absolute atomic E-state index is 0.00821. The zero-order valence-corrected chi connectivity index (χ0v) is 21.9. The van der Waals surface area contributed by atoms with Gasteiger partial charge in [0.05, 0.1) is 24.4 Å². The molecule has 0 aliphatic heterocycles. The molecule has 0 atom stereocenters. The minimum atomic E-state index is -4.08. The summed E-state index contributed by atoms with van der Waals surface area (Å²) in [6, 6.07) is 3.55. The van der Waals surface area contributed by atoms with Crippen molar-refractivity contribution >= 4 is 31.1 Å². The average molecular weight is 514 g/mol. The van der Waals surface area contributed by atoms with Crippen LogP contribution < -0.4 is 0 Å². The molecule has 0 unspecified atom stereocenters. The Bertz CT molecular complexity index is 661. The number of hydrogen-bond donors (Lipinski definition) is 0. The van der Waals surface area contributed by atoms with Crippen LogP contribution in [0.1, 0.15) is 61.0 Å². The molecule has 0 N–H and O–H groups in total. The van der Waals surface area contributed by atoms with Crippen LogP contribution in [0.2, 0.25) is 0 Å². The van der Waals surface area contributed by atoms with Crippen molar-refractivity contribution in [2.75, 3.05) is 0 Å². The lowest BCUT2D eigenvalue weighted by molar-refractivity contribution is 0.120. The van der Waals surface area contributed by atoms with Crippen molar-refractivity contribution in [1.29, 1.82) is 0 Å². The molecule has 168 valence electrons. The molecule has 7 nitrogen and oxygen atoms in total. The molecule has 1 aromatic heterocycles. The van der Waals surface area contributed by atoms with Crippen molar-refractivity contribution in [2.24, 2.45) is 0 Å².